The number of anilines is 1. The molecule has 2 rings (SSSR count). The molecule has 8 nitrogen and oxygen atoms in total. The molecule has 3 N–H and O–H groups in total. The Morgan fingerprint density at radius 2 is 2.15 bits per heavy atom. The van der Waals surface area contributed by atoms with Crippen molar-refractivity contribution in [1.29, 1.82) is 0 Å². The molecule has 1 aromatic heterocycles. The van der Waals surface area contributed by atoms with E-state index in [4.69, 9.17) is 11.6 Å². The van der Waals surface area contributed by atoms with Gasteiger partial charge in [0.05, 0.1) is 10.7 Å². The van der Waals surface area contributed by atoms with E-state index in [2.05, 4.69) is 31.0 Å². The second kappa shape index (κ2) is 9.76. The number of aliphatic imine (C=N–C) groups is 1. The molecule has 0 spiro atoms. The molecule has 2 aromatic rings. The van der Waals surface area contributed by atoms with Crippen molar-refractivity contribution in [3.05, 3.63) is 40.9 Å². The Hall–Kier alpha value is -2.61. The first-order chi connectivity index (χ1) is 12.5. The third kappa shape index (κ3) is 6.03. The smallest absolute Gasteiger partial charge is 0.226 e. The number of nitrogens with zero attached hydrogens (tertiary/aromatic N) is 4. The lowest BCUT2D eigenvalue weighted by atomic mass is 10.2. The first kappa shape index (κ1) is 19.7. The number of amides is 1. The van der Waals surface area contributed by atoms with E-state index in [0.717, 1.165) is 17.9 Å². The summed E-state index contributed by atoms with van der Waals surface area (Å²) < 4.78 is 1.67. The van der Waals surface area contributed by atoms with Crippen LogP contribution in [0.3, 0.4) is 0 Å². The van der Waals surface area contributed by atoms with Gasteiger partial charge in [0.1, 0.15) is 18.7 Å². The number of aromatic nitrogens is 3. The number of aryl methyl sites for hydroxylation is 2. The van der Waals surface area contributed by atoms with Crippen LogP contribution in [0.2, 0.25) is 5.02 Å². The summed E-state index contributed by atoms with van der Waals surface area (Å²) >= 11 is 6.13. The molecule has 0 aliphatic carbocycles. The maximum absolute atomic E-state index is 12.1. The SMILES string of the molecule is CCNC(=NCc1ncnn1C)NCCC(=O)Nc1ccc(C)cc1Cl. The molecule has 1 heterocycles. The van der Waals surface area contributed by atoms with Gasteiger partial charge in [0.2, 0.25) is 5.91 Å². The Kier molecular flexibility index (Phi) is 7.40. The minimum absolute atomic E-state index is 0.118. The Labute approximate surface area is 158 Å². The number of hydrogen-bond acceptors (Lipinski definition) is 4. The molecule has 0 radical (unpaired) electrons. The van der Waals surface area contributed by atoms with E-state index < -0.39 is 0 Å². The molecule has 0 fully saturated rings. The van der Waals surface area contributed by atoms with Crippen LogP contribution in [0.5, 0.6) is 0 Å². The van der Waals surface area contributed by atoms with Crippen molar-refractivity contribution in [2.24, 2.45) is 12.0 Å². The van der Waals surface area contributed by atoms with E-state index >= 15 is 0 Å². The van der Waals surface area contributed by atoms with E-state index in [1.165, 1.54) is 6.33 Å². The van der Waals surface area contributed by atoms with Crippen LogP contribution in [0.25, 0.3) is 0 Å². The quantitative estimate of drug-likeness (QED) is 0.505. The summed E-state index contributed by atoms with van der Waals surface area (Å²) in [4.78, 5) is 20.7. The molecule has 0 unspecified atom stereocenters. The number of halogens is 1. The number of benzene rings is 1. The molecule has 9 heteroatoms. The topological polar surface area (TPSA) is 96.2 Å². The highest BCUT2D eigenvalue weighted by molar-refractivity contribution is 6.33. The van der Waals surface area contributed by atoms with E-state index in [1.807, 2.05) is 33.0 Å². The molecule has 140 valence electrons. The van der Waals surface area contributed by atoms with Gasteiger partial charge in [0.25, 0.3) is 0 Å². The van der Waals surface area contributed by atoms with Crippen molar-refractivity contribution in [2.45, 2.75) is 26.8 Å². The number of guanidine groups is 1. The fourth-order valence-electron chi connectivity index (χ4n) is 2.18. The van der Waals surface area contributed by atoms with Crippen LogP contribution in [0.1, 0.15) is 24.7 Å². The predicted octanol–water partition coefficient (Wildman–Crippen LogP) is 1.86. The second-order valence-electron chi connectivity index (χ2n) is 5.70. The zero-order chi connectivity index (χ0) is 18.9. The standard InChI is InChI=1S/C17H24ClN7O/c1-4-19-17(21-10-15-22-11-23-25(15)3)20-8-7-16(26)24-14-6-5-12(2)9-13(14)18/h5-6,9,11H,4,7-8,10H2,1-3H3,(H,24,26)(H2,19,20,21). The zero-order valence-corrected chi connectivity index (χ0v) is 16.0. The molecule has 1 aromatic carbocycles. The Balaban J connectivity index is 1.82. The third-order valence-corrected chi connectivity index (χ3v) is 3.88. The van der Waals surface area contributed by atoms with Gasteiger partial charge in [-0.25, -0.2) is 9.98 Å². The number of nitrogens with one attached hydrogen (secondary N) is 3. The van der Waals surface area contributed by atoms with Crippen molar-refractivity contribution in [2.75, 3.05) is 18.4 Å². The van der Waals surface area contributed by atoms with Crippen LogP contribution in [-0.2, 0) is 18.4 Å². The average molecular weight is 378 g/mol. The van der Waals surface area contributed by atoms with Gasteiger partial charge >= 0.3 is 0 Å². The summed E-state index contributed by atoms with van der Waals surface area (Å²) in [5, 5.41) is 13.6. The first-order valence-corrected chi connectivity index (χ1v) is 8.78. The van der Waals surface area contributed by atoms with Crippen molar-refractivity contribution >= 4 is 29.2 Å². The van der Waals surface area contributed by atoms with Crippen molar-refractivity contribution < 1.29 is 4.79 Å². The highest BCUT2D eigenvalue weighted by Gasteiger charge is 2.07. The summed E-state index contributed by atoms with van der Waals surface area (Å²) in [6.45, 7) is 5.49. The summed E-state index contributed by atoms with van der Waals surface area (Å²) in [6.07, 6.45) is 1.78. The van der Waals surface area contributed by atoms with Crippen LogP contribution in [-0.4, -0.2) is 39.7 Å². The number of carbonyl (C=O) groups is 1. The van der Waals surface area contributed by atoms with Gasteiger partial charge in [0, 0.05) is 26.6 Å². The Bertz CT molecular complexity index is 772. The van der Waals surface area contributed by atoms with E-state index in [9.17, 15) is 4.79 Å². The van der Waals surface area contributed by atoms with E-state index in [-0.39, 0.29) is 5.91 Å². The number of hydrogen-bond donors (Lipinski definition) is 3. The normalized spacial score (nSPS) is 11.3. The second-order valence-corrected chi connectivity index (χ2v) is 6.11. The molecule has 0 bridgehead atoms. The van der Waals surface area contributed by atoms with Gasteiger partial charge in [-0.2, -0.15) is 5.10 Å². The van der Waals surface area contributed by atoms with Crippen molar-refractivity contribution in [1.82, 2.24) is 25.4 Å². The van der Waals surface area contributed by atoms with E-state index in [0.29, 0.717) is 36.2 Å². The molecule has 0 aliphatic rings. The summed E-state index contributed by atoms with van der Waals surface area (Å²) in [6, 6.07) is 5.52. The Morgan fingerprint density at radius 3 is 2.81 bits per heavy atom. The average Bonchev–Trinajstić information content (AvgIpc) is 3.00. The van der Waals surface area contributed by atoms with Crippen molar-refractivity contribution in [3.8, 4) is 0 Å². The lowest BCUT2D eigenvalue weighted by Gasteiger charge is -2.12. The molecule has 26 heavy (non-hydrogen) atoms. The van der Waals surface area contributed by atoms with Gasteiger partial charge < -0.3 is 16.0 Å². The molecule has 0 atom stereocenters. The summed E-state index contributed by atoms with van der Waals surface area (Å²) in [5.41, 5.74) is 1.66. The number of carbonyl (C=O) groups excluding carboxylic acids is 1. The minimum atomic E-state index is -0.118. The molecular formula is C17H24ClN7O. The van der Waals surface area contributed by atoms with Gasteiger partial charge in [-0.15, -0.1) is 0 Å². The van der Waals surface area contributed by atoms with Gasteiger partial charge in [-0.05, 0) is 31.5 Å². The third-order valence-electron chi connectivity index (χ3n) is 3.57. The molecule has 1 amide bonds. The molecular weight excluding hydrogens is 354 g/mol. The molecule has 0 saturated carbocycles. The lowest BCUT2D eigenvalue weighted by molar-refractivity contribution is -0.116. The maximum atomic E-state index is 12.1. The summed E-state index contributed by atoms with van der Waals surface area (Å²) in [7, 11) is 1.82. The highest BCUT2D eigenvalue weighted by atomic mass is 35.5. The fourth-order valence-corrected chi connectivity index (χ4v) is 2.47. The first-order valence-electron chi connectivity index (χ1n) is 8.40. The van der Waals surface area contributed by atoms with Crippen molar-refractivity contribution in [3.63, 3.8) is 0 Å². The largest absolute Gasteiger partial charge is 0.357 e. The van der Waals surface area contributed by atoms with Gasteiger partial charge in [0.15, 0.2) is 5.96 Å². The minimum Gasteiger partial charge on any atom is -0.357 e. The van der Waals surface area contributed by atoms with Gasteiger partial charge in [-0.3, -0.25) is 9.48 Å². The Morgan fingerprint density at radius 1 is 1.35 bits per heavy atom. The predicted molar refractivity (Wildman–Crippen MR) is 103 cm³/mol. The fraction of sp³-hybridized carbons (Fsp3) is 0.412. The summed E-state index contributed by atoms with van der Waals surface area (Å²) in [5.74, 6) is 1.26. The lowest BCUT2D eigenvalue weighted by Crippen LogP contribution is -2.38. The highest BCUT2D eigenvalue weighted by Crippen LogP contribution is 2.22. The maximum Gasteiger partial charge on any atom is 0.226 e. The van der Waals surface area contributed by atoms with Gasteiger partial charge in [-0.1, -0.05) is 17.7 Å². The van der Waals surface area contributed by atoms with Crippen LogP contribution in [0, 0.1) is 6.92 Å². The van der Waals surface area contributed by atoms with Crippen LogP contribution < -0.4 is 16.0 Å². The zero-order valence-electron chi connectivity index (χ0n) is 15.2. The van der Waals surface area contributed by atoms with Crippen LogP contribution in [0.15, 0.2) is 29.5 Å². The monoisotopic (exact) mass is 377 g/mol. The number of rotatable bonds is 7. The molecule has 0 aliphatic heterocycles. The van der Waals surface area contributed by atoms with Crippen LogP contribution in [0.4, 0.5) is 5.69 Å². The molecule has 0 saturated heterocycles. The van der Waals surface area contributed by atoms with E-state index in [1.54, 1.807) is 10.7 Å². The van der Waals surface area contributed by atoms with Crippen LogP contribution >= 0.6 is 11.6 Å².